The van der Waals surface area contributed by atoms with E-state index in [9.17, 15) is 9.59 Å². The summed E-state index contributed by atoms with van der Waals surface area (Å²) in [7, 11) is 1.84. The molecule has 0 saturated heterocycles. The van der Waals surface area contributed by atoms with Crippen molar-refractivity contribution in [2.75, 3.05) is 0 Å². The minimum atomic E-state index is -0.547. The number of amides is 2. The smallest absolute Gasteiger partial charge is 0.268 e. The summed E-state index contributed by atoms with van der Waals surface area (Å²) in [6, 6.07) is 10.7. The van der Waals surface area contributed by atoms with E-state index in [1.165, 1.54) is 0 Å². The first-order valence-electron chi connectivity index (χ1n) is 8.29. The second-order valence-electron chi connectivity index (χ2n) is 6.45. The molecule has 0 bridgehead atoms. The monoisotopic (exact) mass is 368 g/mol. The van der Waals surface area contributed by atoms with Gasteiger partial charge in [-0.25, -0.2) is 4.98 Å². The predicted molar refractivity (Wildman–Crippen MR) is 99.2 cm³/mol. The van der Waals surface area contributed by atoms with Crippen LogP contribution >= 0.6 is 11.6 Å². The second kappa shape index (κ2) is 6.14. The van der Waals surface area contributed by atoms with Gasteiger partial charge in [0, 0.05) is 28.7 Å². The van der Waals surface area contributed by atoms with E-state index in [0.29, 0.717) is 17.1 Å². The molecule has 1 atom stereocenters. The third-order valence-electron chi connectivity index (χ3n) is 4.85. The summed E-state index contributed by atoms with van der Waals surface area (Å²) in [5.74, 6) is -0.703. The van der Waals surface area contributed by atoms with Gasteiger partial charge in [-0.2, -0.15) is 0 Å². The molecule has 2 aromatic heterocycles. The minimum absolute atomic E-state index is 0.131. The van der Waals surface area contributed by atoms with E-state index in [0.717, 1.165) is 28.6 Å². The van der Waals surface area contributed by atoms with Crippen LogP contribution in [0.25, 0.3) is 10.9 Å². The lowest BCUT2D eigenvalue weighted by Gasteiger charge is -2.14. The third-order valence-corrected chi connectivity index (χ3v) is 5.09. The Morgan fingerprint density at radius 3 is 2.85 bits per heavy atom. The molecular weight excluding hydrogens is 352 g/mol. The summed E-state index contributed by atoms with van der Waals surface area (Å²) in [6.45, 7) is 0. The number of aryl methyl sites for hydroxylation is 2. The molecule has 6 nitrogen and oxygen atoms in total. The summed E-state index contributed by atoms with van der Waals surface area (Å²) in [5.41, 5.74) is 8.75. The van der Waals surface area contributed by atoms with Crippen LogP contribution in [-0.4, -0.2) is 21.4 Å². The van der Waals surface area contributed by atoms with Crippen molar-refractivity contribution < 1.29 is 9.59 Å². The van der Waals surface area contributed by atoms with Gasteiger partial charge in [0.1, 0.15) is 11.4 Å². The summed E-state index contributed by atoms with van der Waals surface area (Å²) in [5, 5.41) is 4.66. The highest BCUT2D eigenvalue weighted by atomic mass is 35.5. The molecule has 1 aliphatic rings. The van der Waals surface area contributed by atoms with Crippen LogP contribution in [0.4, 0.5) is 0 Å². The zero-order chi connectivity index (χ0) is 18.4. The van der Waals surface area contributed by atoms with E-state index in [1.54, 1.807) is 12.1 Å². The van der Waals surface area contributed by atoms with Crippen molar-refractivity contribution in [3.63, 3.8) is 0 Å². The van der Waals surface area contributed by atoms with Gasteiger partial charge in [-0.3, -0.25) is 9.59 Å². The molecule has 0 spiro atoms. The normalized spacial score (nSPS) is 15.8. The van der Waals surface area contributed by atoms with Crippen molar-refractivity contribution in [1.82, 2.24) is 14.9 Å². The van der Waals surface area contributed by atoms with Gasteiger partial charge in [0.25, 0.3) is 11.8 Å². The quantitative estimate of drug-likeness (QED) is 0.744. The van der Waals surface area contributed by atoms with Crippen LogP contribution in [0.1, 0.15) is 44.7 Å². The van der Waals surface area contributed by atoms with Crippen LogP contribution in [0.15, 0.2) is 36.4 Å². The minimum Gasteiger partial charge on any atom is -0.364 e. The fourth-order valence-electron chi connectivity index (χ4n) is 3.51. The maximum absolute atomic E-state index is 12.8. The molecule has 26 heavy (non-hydrogen) atoms. The van der Waals surface area contributed by atoms with E-state index < -0.39 is 5.91 Å². The standard InChI is InChI=1S/C19H17ClN4O2/c1-24-16-9-11(20)3-2-10(16)8-17(24)19(26)23-14-7-6-13-12(14)4-5-15(22-13)18(21)25/h2-5,8-9,14H,6-7H2,1H3,(H2,21,25)(H,23,26). The van der Waals surface area contributed by atoms with E-state index in [-0.39, 0.29) is 17.6 Å². The van der Waals surface area contributed by atoms with Crippen LogP contribution in [0.5, 0.6) is 0 Å². The van der Waals surface area contributed by atoms with Gasteiger partial charge in [-0.05, 0) is 42.7 Å². The van der Waals surface area contributed by atoms with Crippen LogP contribution in [0, 0.1) is 0 Å². The number of nitrogens with two attached hydrogens (primary N) is 1. The average Bonchev–Trinajstić information content (AvgIpc) is 3.16. The molecule has 3 N–H and O–H groups in total. The number of primary amides is 1. The molecule has 0 radical (unpaired) electrons. The molecule has 1 unspecified atom stereocenters. The van der Waals surface area contributed by atoms with Crippen LogP contribution < -0.4 is 11.1 Å². The molecule has 3 aromatic rings. The SMILES string of the molecule is Cn1c(C(=O)NC2CCc3nc(C(N)=O)ccc32)cc2ccc(Cl)cc21. The summed E-state index contributed by atoms with van der Waals surface area (Å²) in [6.07, 6.45) is 1.44. The second-order valence-corrected chi connectivity index (χ2v) is 6.89. The number of fused-ring (bicyclic) bond motifs is 2. The van der Waals surface area contributed by atoms with E-state index in [2.05, 4.69) is 10.3 Å². The fraction of sp³-hybridized carbons (Fsp3) is 0.211. The molecule has 1 aromatic carbocycles. The molecule has 1 aliphatic carbocycles. The van der Waals surface area contributed by atoms with Crippen molar-refractivity contribution in [3.8, 4) is 0 Å². The maximum atomic E-state index is 12.8. The Morgan fingerprint density at radius 1 is 1.27 bits per heavy atom. The van der Waals surface area contributed by atoms with E-state index in [1.807, 2.05) is 35.9 Å². The van der Waals surface area contributed by atoms with Gasteiger partial charge >= 0.3 is 0 Å². The Labute approximate surface area is 155 Å². The number of carbonyl (C=O) groups excluding carboxylic acids is 2. The highest BCUT2D eigenvalue weighted by Crippen LogP contribution is 2.30. The van der Waals surface area contributed by atoms with Gasteiger partial charge in [-0.15, -0.1) is 0 Å². The Hall–Kier alpha value is -2.86. The van der Waals surface area contributed by atoms with Crippen molar-refractivity contribution in [2.24, 2.45) is 12.8 Å². The highest BCUT2D eigenvalue weighted by Gasteiger charge is 2.27. The van der Waals surface area contributed by atoms with Gasteiger partial charge in [0.2, 0.25) is 0 Å². The number of aromatic nitrogens is 2. The van der Waals surface area contributed by atoms with Gasteiger partial charge in [0.15, 0.2) is 0 Å². The van der Waals surface area contributed by atoms with Crippen LogP contribution in [-0.2, 0) is 13.5 Å². The first-order valence-corrected chi connectivity index (χ1v) is 8.67. The summed E-state index contributed by atoms with van der Waals surface area (Å²) in [4.78, 5) is 28.4. The molecule has 132 valence electrons. The number of benzene rings is 1. The van der Waals surface area contributed by atoms with Crippen molar-refractivity contribution >= 4 is 34.3 Å². The van der Waals surface area contributed by atoms with Crippen LogP contribution in [0.3, 0.4) is 0 Å². The topological polar surface area (TPSA) is 90.0 Å². The molecule has 2 amide bonds. The highest BCUT2D eigenvalue weighted by molar-refractivity contribution is 6.31. The third kappa shape index (κ3) is 2.72. The number of carbonyl (C=O) groups is 2. The predicted octanol–water partition coefficient (Wildman–Crippen LogP) is 2.74. The number of halogens is 1. The number of rotatable bonds is 3. The zero-order valence-electron chi connectivity index (χ0n) is 14.1. The Balaban J connectivity index is 1.61. The van der Waals surface area contributed by atoms with Crippen molar-refractivity contribution in [1.29, 1.82) is 0 Å². The van der Waals surface area contributed by atoms with E-state index in [4.69, 9.17) is 17.3 Å². The van der Waals surface area contributed by atoms with E-state index >= 15 is 0 Å². The molecule has 7 heteroatoms. The first kappa shape index (κ1) is 16.6. The Bertz CT molecular complexity index is 1060. The maximum Gasteiger partial charge on any atom is 0.268 e. The average molecular weight is 369 g/mol. The lowest BCUT2D eigenvalue weighted by atomic mass is 10.1. The number of pyridine rings is 1. The summed E-state index contributed by atoms with van der Waals surface area (Å²) < 4.78 is 1.83. The number of nitrogens with zero attached hydrogens (tertiary/aromatic N) is 2. The molecule has 4 rings (SSSR count). The Kier molecular flexibility index (Phi) is 3.92. The molecule has 0 fully saturated rings. The number of nitrogens with one attached hydrogen (secondary N) is 1. The first-order chi connectivity index (χ1) is 12.4. The van der Waals surface area contributed by atoms with Crippen molar-refractivity contribution in [2.45, 2.75) is 18.9 Å². The molecule has 0 saturated carbocycles. The number of hydrogen-bond donors (Lipinski definition) is 2. The molecule has 2 heterocycles. The lowest BCUT2D eigenvalue weighted by Crippen LogP contribution is -2.28. The lowest BCUT2D eigenvalue weighted by molar-refractivity contribution is 0.0927. The number of hydrogen-bond acceptors (Lipinski definition) is 3. The summed E-state index contributed by atoms with van der Waals surface area (Å²) >= 11 is 6.05. The van der Waals surface area contributed by atoms with Crippen LogP contribution in [0.2, 0.25) is 5.02 Å². The largest absolute Gasteiger partial charge is 0.364 e. The van der Waals surface area contributed by atoms with Gasteiger partial charge < -0.3 is 15.6 Å². The van der Waals surface area contributed by atoms with Gasteiger partial charge in [-0.1, -0.05) is 23.7 Å². The van der Waals surface area contributed by atoms with Crippen molar-refractivity contribution in [3.05, 3.63) is 64.1 Å². The Morgan fingerprint density at radius 2 is 2.08 bits per heavy atom. The molecule has 0 aliphatic heterocycles. The fourth-order valence-corrected chi connectivity index (χ4v) is 3.67. The molecular formula is C19H17ClN4O2. The van der Waals surface area contributed by atoms with Gasteiger partial charge in [0.05, 0.1) is 6.04 Å². The zero-order valence-corrected chi connectivity index (χ0v) is 14.9.